The van der Waals surface area contributed by atoms with Gasteiger partial charge in [0.25, 0.3) is 6.02 Å². The molecule has 2 aliphatic heterocycles. The second kappa shape index (κ2) is 16.9. The van der Waals surface area contributed by atoms with Gasteiger partial charge in [0.2, 0.25) is 0 Å². The zero-order valence-corrected chi connectivity index (χ0v) is 28.1. The topological polar surface area (TPSA) is 140 Å². The van der Waals surface area contributed by atoms with Gasteiger partial charge in [-0.05, 0) is 22.3 Å². The van der Waals surface area contributed by atoms with E-state index in [9.17, 15) is 15.3 Å². The largest absolute Gasteiger partial charge is 0.457 e. The fourth-order valence-corrected chi connectivity index (χ4v) is 6.68. The number of fused-ring (bicyclic) bond motifs is 1. The van der Waals surface area contributed by atoms with Crippen LogP contribution in [-0.4, -0.2) is 89.0 Å². The molecule has 3 fully saturated rings. The molecule has 11 nitrogen and oxygen atoms in total. The number of hydrogen-bond donors (Lipinski definition) is 4. The molecule has 268 valence electrons. The molecule has 10 atom stereocenters. The van der Waals surface area contributed by atoms with Gasteiger partial charge in [0.05, 0.1) is 39.1 Å². The highest BCUT2D eigenvalue weighted by atomic mass is 16.6. The van der Waals surface area contributed by atoms with Crippen LogP contribution >= 0.6 is 0 Å². The van der Waals surface area contributed by atoms with Crippen LogP contribution in [0.1, 0.15) is 22.3 Å². The average molecular weight is 697 g/mol. The van der Waals surface area contributed by atoms with Crippen LogP contribution in [0.4, 0.5) is 0 Å². The molecular weight excluding hydrogens is 652 g/mol. The molecule has 0 aromatic heterocycles. The Morgan fingerprint density at radius 2 is 1.02 bits per heavy atom. The predicted molar refractivity (Wildman–Crippen MR) is 187 cm³/mol. The molecule has 0 spiro atoms. The number of nitrogens with zero attached hydrogens (tertiary/aromatic N) is 1. The quantitative estimate of drug-likeness (QED) is 0.155. The van der Waals surface area contributed by atoms with Crippen molar-refractivity contribution in [2.75, 3.05) is 6.61 Å². The standard InChI is InChI=1S/C40H44N2O9/c43-32-31-36(34(45)33(32)44)51-40(41-31)42-39-38(49-24-29-19-11-4-12-20-29)37(48-23-28-17-9-3-10-18-28)35(47-22-27-15-7-2-8-16-27)30(50-39)25-46-21-26-13-5-1-6-14-26/h1-20,30-39,43-45H,21-25H2,(H,41,42)/t30-,31-,32-,33+,34-,35-,36-,37+,38-,39+/m1/s1. The van der Waals surface area contributed by atoms with Gasteiger partial charge < -0.3 is 49.1 Å². The molecule has 3 aliphatic rings. The summed E-state index contributed by atoms with van der Waals surface area (Å²) < 4.78 is 39.0. The maximum Gasteiger partial charge on any atom is 0.288 e. The number of aliphatic hydroxyl groups is 3. The second-order valence-electron chi connectivity index (χ2n) is 13.0. The Balaban J connectivity index is 1.21. The van der Waals surface area contributed by atoms with Gasteiger partial charge >= 0.3 is 0 Å². The third-order valence-electron chi connectivity index (χ3n) is 9.40. The van der Waals surface area contributed by atoms with Gasteiger partial charge in [0.15, 0.2) is 12.3 Å². The van der Waals surface area contributed by atoms with Crippen LogP contribution in [0, 0.1) is 0 Å². The van der Waals surface area contributed by atoms with Crippen molar-refractivity contribution in [2.24, 2.45) is 4.99 Å². The van der Waals surface area contributed by atoms with E-state index in [1.54, 1.807) is 0 Å². The molecular formula is C40H44N2O9. The molecule has 1 aliphatic carbocycles. The molecule has 0 unspecified atom stereocenters. The summed E-state index contributed by atoms with van der Waals surface area (Å²) in [5.74, 6) is 0. The normalized spacial score (nSPS) is 30.8. The predicted octanol–water partition coefficient (Wildman–Crippen LogP) is 3.49. The van der Waals surface area contributed by atoms with Crippen molar-refractivity contribution in [3.05, 3.63) is 144 Å². The van der Waals surface area contributed by atoms with Gasteiger partial charge in [-0.1, -0.05) is 121 Å². The molecule has 7 rings (SSSR count). The van der Waals surface area contributed by atoms with Crippen molar-refractivity contribution in [1.82, 2.24) is 5.32 Å². The first kappa shape index (κ1) is 35.2. The lowest BCUT2D eigenvalue weighted by Gasteiger charge is -2.45. The third-order valence-corrected chi connectivity index (χ3v) is 9.40. The summed E-state index contributed by atoms with van der Waals surface area (Å²) in [5, 5.41) is 34.3. The van der Waals surface area contributed by atoms with Crippen molar-refractivity contribution >= 4 is 6.02 Å². The lowest BCUT2D eigenvalue weighted by Crippen LogP contribution is -2.61. The number of ether oxygens (including phenoxy) is 6. The Morgan fingerprint density at radius 3 is 1.53 bits per heavy atom. The number of amidine groups is 1. The van der Waals surface area contributed by atoms with Gasteiger partial charge in [0, 0.05) is 0 Å². The Bertz CT molecular complexity index is 1650. The SMILES string of the molecule is O[C@@H]1[C@@H](O)[C@@H]2O/C(=N/[C@H]3O[C@H](COCc4ccccc4)[C@@H](OCc4ccccc4)[C@H](OCc4ccccc4)[C@H]3OCc3ccccc3)N[C@@H]2[C@H]1O. The molecule has 11 heteroatoms. The number of aliphatic hydroxyl groups excluding tert-OH is 3. The fraction of sp³-hybridized carbons (Fsp3) is 0.375. The minimum absolute atomic E-state index is 0.0581. The third kappa shape index (κ3) is 8.66. The number of hydrogen-bond acceptors (Lipinski definition) is 10. The first-order valence-electron chi connectivity index (χ1n) is 17.3. The highest BCUT2D eigenvalue weighted by Gasteiger charge is 2.55. The van der Waals surface area contributed by atoms with Crippen molar-refractivity contribution in [3.63, 3.8) is 0 Å². The van der Waals surface area contributed by atoms with Gasteiger partial charge in [-0.15, -0.1) is 0 Å². The van der Waals surface area contributed by atoms with E-state index in [-0.39, 0.29) is 25.8 Å². The minimum Gasteiger partial charge on any atom is -0.457 e. The molecule has 2 saturated heterocycles. The summed E-state index contributed by atoms with van der Waals surface area (Å²) in [6.45, 7) is 1.34. The Hall–Kier alpha value is -4.17. The number of rotatable bonds is 14. The molecule has 51 heavy (non-hydrogen) atoms. The summed E-state index contributed by atoms with van der Waals surface area (Å²) in [6.07, 6.45) is -8.52. The van der Waals surface area contributed by atoms with Gasteiger partial charge in [-0.25, -0.2) is 4.99 Å². The molecule has 0 amide bonds. The van der Waals surface area contributed by atoms with E-state index < -0.39 is 61.1 Å². The lowest BCUT2D eigenvalue weighted by atomic mass is 9.97. The Kier molecular flexibility index (Phi) is 11.7. The van der Waals surface area contributed by atoms with Crippen molar-refractivity contribution in [3.8, 4) is 0 Å². The molecule has 2 heterocycles. The van der Waals surface area contributed by atoms with E-state index >= 15 is 0 Å². The van der Waals surface area contributed by atoms with Crippen LogP contribution in [0.25, 0.3) is 0 Å². The van der Waals surface area contributed by atoms with Crippen molar-refractivity contribution < 1.29 is 43.7 Å². The summed E-state index contributed by atoms with van der Waals surface area (Å²) in [7, 11) is 0. The lowest BCUT2D eigenvalue weighted by molar-refractivity contribution is -0.271. The summed E-state index contributed by atoms with van der Waals surface area (Å²) >= 11 is 0. The zero-order chi connectivity index (χ0) is 35.0. The van der Waals surface area contributed by atoms with Crippen LogP contribution in [0.3, 0.4) is 0 Å². The Labute approximate surface area is 297 Å². The van der Waals surface area contributed by atoms with Crippen LogP contribution in [0.5, 0.6) is 0 Å². The summed E-state index contributed by atoms with van der Waals surface area (Å²) in [5.41, 5.74) is 3.93. The van der Waals surface area contributed by atoms with Gasteiger partial charge in [-0.3, -0.25) is 0 Å². The maximum atomic E-state index is 10.5. The first-order chi connectivity index (χ1) is 25.0. The number of nitrogens with one attached hydrogen (secondary N) is 1. The van der Waals surface area contributed by atoms with Crippen LogP contribution < -0.4 is 5.32 Å². The fourth-order valence-electron chi connectivity index (χ4n) is 6.68. The Morgan fingerprint density at radius 1 is 0.549 bits per heavy atom. The smallest absolute Gasteiger partial charge is 0.288 e. The molecule has 4 aromatic rings. The van der Waals surface area contributed by atoms with E-state index in [0.717, 1.165) is 22.3 Å². The molecule has 0 bridgehead atoms. The zero-order valence-electron chi connectivity index (χ0n) is 28.1. The van der Waals surface area contributed by atoms with Crippen molar-refractivity contribution in [2.45, 2.75) is 87.5 Å². The highest BCUT2D eigenvalue weighted by Crippen LogP contribution is 2.33. The second-order valence-corrected chi connectivity index (χ2v) is 13.0. The number of benzene rings is 4. The minimum atomic E-state index is -1.34. The summed E-state index contributed by atoms with van der Waals surface area (Å²) in [6, 6.07) is 38.8. The monoisotopic (exact) mass is 696 g/mol. The van der Waals surface area contributed by atoms with E-state index in [1.165, 1.54) is 0 Å². The molecule has 4 N–H and O–H groups in total. The summed E-state index contributed by atoms with van der Waals surface area (Å²) in [4.78, 5) is 4.82. The van der Waals surface area contributed by atoms with E-state index in [4.69, 9.17) is 33.4 Å². The molecule has 4 aromatic carbocycles. The first-order valence-corrected chi connectivity index (χ1v) is 17.3. The maximum absolute atomic E-state index is 10.5. The molecule has 1 saturated carbocycles. The number of aliphatic imine (C=N–C) groups is 1. The van der Waals surface area contributed by atoms with Crippen molar-refractivity contribution in [1.29, 1.82) is 0 Å². The van der Waals surface area contributed by atoms with E-state index in [0.29, 0.717) is 13.2 Å². The van der Waals surface area contributed by atoms with E-state index in [1.807, 2.05) is 121 Å². The van der Waals surface area contributed by atoms with Gasteiger partial charge in [0.1, 0.15) is 42.7 Å². The van der Waals surface area contributed by atoms with E-state index in [2.05, 4.69) is 5.32 Å². The van der Waals surface area contributed by atoms with Crippen LogP contribution in [0.15, 0.2) is 126 Å². The highest BCUT2D eigenvalue weighted by molar-refractivity contribution is 5.77. The average Bonchev–Trinajstić information content (AvgIpc) is 3.68. The van der Waals surface area contributed by atoms with Crippen LogP contribution in [-0.2, 0) is 54.8 Å². The molecule has 0 radical (unpaired) electrons. The van der Waals surface area contributed by atoms with Crippen LogP contribution in [0.2, 0.25) is 0 Å². The van der Waals surface area contributed by atoms with Gasteiger partial charge in [-0.2, -0.15) is 0 Å².